The number of hydrogen-bond donors (Lipinski definition) is 0. The summed E-state index contributed by atoms with van der Waals surface area (Å²) in [4.78, 5) is 11.6. The standard InChI is InChI=1S/C12H10F3N3O2/c1-3-4-9-16-17-10-7(11(19)20-2)5-6-8(18(9)10)12(13,14)15/h3-6H,1-2H3/b4-3-. The van der Waals surface area contributed by atoms with Gasteiger partial charge in [0.15, 0.2) is 11.5 Å². The molecule has 0 aromatic carbocycles. The number of pyridine rings is 1. The number of carbonyl (C=O) groups is 1. The highest BCUT2D eigenvalue weighted by Crippen LogP contribution is 2.31. The van der Waals surface area contributed by atoms with E-state index in [1.807, 2.05) is 0 Å². The lowest BCUT2D eigenvalue weighted by Gasteiger charge is -2.11. The minimum Gasteiger partial charge on any atom is -0.465 e. The molecule has 2 aromatic rings. The third kappa shape index (κ3) is 2.24. The molecule has 20 heavy (non-hydrogen) atoms. The van der Waals surface area contributed by atoms with Gasteiger partial charge in [-0.1, -0.05) is 6.08 Å². The Hall–Kier alpha value is -2.38. The van der Waals surface area contributed by atoms with E-state index in [2.05, 4.69) is 14.9 Å². The molecule has 0 saturated carbocycles. The maximum absolute atomic E-state index is 13.0. The van der Waals surface area contributed by atoms with Gasteiger partial charge in [0.25, 0.3) is 0 Å². The van der Waals surface area contributed by atoms with Gasteiger partial charge in [0.2, 0.25) is 0 Å². The van der Waals surface area contributed by atoms with Gasteiger partial charge in [-0.25, -0.2) is 4.79 Å². The third-order valence-electron chi connectivity index (χ3n) is 2.59. The van der Waals surface area contributed by atoms with Crippen molar-refractivity contribution in [3.8, 4) is 0 Å². The van der Waals surface area contributed by atoms with Gasteiger partial charge >= 0.3 is 12.1 Å². The Kier molecular flexibility index (Phi) is 3.47. The van der Waals surface area contributed by atoms with Crippen molar-refractivity contribution in [2.75, 3.05) is 7.11 Å². The molecule has 0 N–H and O–H groups in total. The number of rotatable bonds is 2. The van der Waals surface area contributed by atoms with Crippen LogP contribution in [0.3, 0.4) is 0 Å². The highest BCUT2D eigenvalue weighted by Gasteiger charge is 2.35. The first-order chi connectivity index (χ1) is 9.40. The number of esters is 1. The number of allylic oxidation sites excluding steroid dienone is 1. The van der Waals surface area contributed by atoms with Crippen molar-refractivity contribution in [1.82, 2.24) is 14.6 Å². The summed E-state index contributed by atoms with van der Waals surface area (Å²) >= 11 is 0. The minimum atomic E-state index is -4.59. The average Bonchev–Trinajstić information content (AvgIpc) is 2.80. The summed E-state index contributed by atoms with van der Waals surface area (Å²) in [5.41, 5.74) is -1.23. The van der Waals surface area contributed by atoms with E-state index in [9.17, 15) is 18.0 Å². The van der Waals surface area contributed by atoms with Crippen molar-refractivity contribution in [2.45, 2.75) is 13.1 Å². The minimum absolute atomic E-state index is 0.0134. The van der Waals surface area contributed by atoms with Gasteiger partial charge in [-0.2, -0.15) is 13.2 Å². The van der Waals surface area contributed by atoms with Crippen LogP contribution in [-0.4, -0.2) is 27.7 Å². The lowest BCUT2D eigenvalue weighted by Crippen LogP contribution is -2.15. The molecule has 106 valence electrons. The van der Waals surface area contributed by atoms with E-state index in [0.29, 0.717) is 0 Å². The van der Waals surface area contributed by atoms with Gasteiger partial charge in [-0.05, 0) is 25.1 Å². The lowest BCUT2D eigenvalue weighted by atomic mass is 10.2. The largest absolute Gasteiger partial charge is 0.465 e. The Balaban J connectivity index is 2.84. The van der Waals surface area contributed by atoms with Crippen LogP contribution in [0.4, 0.5) is 13.2 Å². The summed E-state index contributed by atoms with van der Waals surface area (Å²) < 4.78 is 44.3. The highest BCUT2D eigenvalue weighted by atomic mass is 19.4. The molecule has 5 nitrogen and oxygen atoms in total. The Morgan fingerprint density at radius 1 is 1.35 bits per heavy atom. The van der Waals surface area contributed by atoms with E-state index in [4.69, 9.17) is 0 Å². The maximum atomic E-state index is 13.0. The first-order valence-electron chi connectivity index (χ1n) is 5.56. The zero-order valence-corrected chi connectivity index (χ0v) is 10.6. The molecule has 0 atom stereocenters. The number of ether oxygens (including phenoxy) is 1. The molecular weight excluding hydrogens is 275 g/mol. The van der Waals surface area contributed by atoms with Crippen molar-refractivity contribution in [2.24, 2.45) is 0 Å². The lowest BCUT2D eigenvalue weighted by molar-refractivity contribution is -0.142. The van der Waals surface area contributed by atoms with Gasteiger partial charge in [-0.15, -0.1) is 10.2 Å². The Morgan fingerprint density at radius 2 is 2.05 bits per heavy atom. The monoisotopic (exact) mass is 285 g/mol. The van der Waals surface area contributed by atoms with Crippen LogP contribution >= 0.6 is 0 Å². The average molecular weight is 285 g/mol. The van der Waals surface area contributed by atoms with E-state index < -0.39 is 17.8 Å². The quantitative estimate of drug-likeness (QED) is 0.796. The highest BCUT2D eigenvalue weighted by molar-refractivity contribution is 5.95. The normalized spacial score (nSPS) is 12.2. The second-order valence-corrected chi connectivity index (χ2v) is 3.84. The van der Waals surface area contributed by atoms with E-state index >= 15 is 0 Å². The van der Waals surface area contributed by atoms with E-state index in [1.54, 1.807) is 6.92 Å². The molecule has 0 saturated heterocycles. The molecule has 0 aliphatic rings. The molecule has 0 unspecified atom stereocenters. The van der Waals surface area contributed by atoms with Crippen LogP contribution in [0.2, 0.25) is 0 Å². The summed E-state index contributed by atoms with van der Waals surface area (Å²) in [6, 6.07) is 1.83. The summed E-state index contributed by atoms with van der Waals surface area (Å²) in [6.45, 7) is 1.64. The first-order valence-corrected chi connectivity index (χ1v) is 5.56. The molecular formula is C12H10F3N3O2. The van der Waals surface area contributed by atoms with Crippen LogP contribution in [0.5, 0.6) is 0 Å². The number of carbonyl (C=O) groups excluding carboxylic acids is 1. The number of hydrogen-bond acceptors (Lipinski definition) is 4. The molecule has 0 radical (unpaired) electrons. The van der Waals surface area contributed by atoms with E-state index in [0.717, 1.165) is 23.6 Å². The van der Waals surface area contributed by atoms with Gasteiger partial charge in [0.1, 0.15) is 11.3 Å². The zero-order valence-electron chi connectivity index (χ0n) is 10.6. The van der Waals surface area contributed by atoms with Crippen molar-refractivity contribution in [3.63, 3.8) is 0 Å². The Labute approximate surface area is 111 Å². The molecule has 2 heterocycles. The SMILES string of the molecule is C/C=C\c1nnc2c(C(=O)OC)ccc(C(F)(F)F)n12. The topological polar surface area (TPSA) is 56.5 Å². The van der Waals surface area contributed by atoms with Crippen molar-refractivity contribution < 1.29 is 22.7 Å². The third-order valence-corrected chi connectivity index (χ3v) is 2.59. The fourth-order valence-corrected chi connectivity index (χ4v) is 1.77. The molecule has 0 amide bonds. The number of alkyl halides is 3. The predicted molar refractivity (Wildman–Crippen MR) is 64.0 cm³/mol. The molecule has 0 bridgehead atoms. The molecule has 0 aliphatic carbocycles. The van der Waals surface area contributed by atoms with Crippen LogP contribution in [0, 0.1) is 0 Å². The van der Waals surface area contributed by atoms with Crippen molar-refractivity contribution in [1.29, 1.82) is 0 Å². The molecule has 0 aliphatic heterocycles. The van der Waals surface area contributed by atoms with Crippen molar-refractivity contribution in [3.05, 3.63) is 35.3 Å². The van der Waals surface area contributed by atoms with Crippen LogP contribution < -0.4 is 0 Å². The van der Waals surface area contributed by atoms with Crippen LogP contribution in [-0.2, 0) is 10.9 Å². The smallest absolute Gasteiger partial charge is 0.431 e. The van der Waals surface area contributed by atoms with Gasteiger partial charge in [-0.3, -0.25) is 4.40 Å². The number of fused-ring (bicyclic) bond motifs is 1. The first kappa shape index (κ1) is 14.0. The molecule has 2 rings (SSSR count). The number of nitrogens with zero attached hydrogens (tertiary/aromatic N) is 3. The molecule has 0 fully saturated rings. The molecule has 2 aromatic heterocycles. The summed E-state index contributed by atoms with van der Waals surface area (Å²) in [6.07, 6.45) is -1.69. The van der Waals surface area contributed by atoms with Gasteiger partial charge in [0, 0.05) is 0 Å². The number of halogens is 3. The summed E-state index contributed by atoms with van der Waals surface area (Å²) in [5, 5.41) is 7.30. The second-order valence-electron chi connectivity index (χ2n) is 3.84. The van der Waals surface area contributed by atoms with Crippen LogP contribution in [0.25, 0.3) is 11.7 Å². The Bertz CT molecular complexity index is 689. The zero-order chi connectivity index (χ0) is 14.9. The number of methoxy groups -OCH3 is 1. The summed E-state index contributed by atoms with van der Waals surface area (Å²) in [5.74, 6) is -0.788. The molecule has 0 spiro atoms. The fraction of sp³-hybridized carbons (Fsp3) is 0.250. The number of aromatic nitrogens is 3. The second kappa shape index (κ2) is 4.95. The summed E-state index contributed by atoms with van der Waals surface area (Å²) in [7, 11) is 1.14. The van der Waals surface area contributed by atoms with Crippen LogP contribution in [0.1, 0.15) is 28.8 Å². The predicted octanol–water partition coefficient (Wildman–Crippen LogP) is 2.57. The van der Waals surface area contributed by atoms with E-state index in [-0.39, 0.29) is 17.0 Å². The Morgan fingerprint density at radius 3 is 2.60 bits per heavy atom. The van der Waals surface area contributed by atoms with Crippen LogP contribution in [0.15, 0.2) is 18.2 Å². The maximum Gasteiger partial charge on any atom is 0.431 e. The van der Waals surface area contributed by atoms with E-state index in [1.165, 1.54) is 12.2 Å². The van der Waals surface area contributed by atoms with Gasteiger partial charge < -0.3 is 4.74 Å². The van der Waals surface area contributed by atoms with Crippen molar-refractivity contribution >= 4 is 17.7 Å². The molecule has 8 heteroatoms. The fourth-order valence-electron chi connectivity index (χ4n) is 1.77. The van der Waals surface area contributed by atoms with Gasteiger partial charge in [0.05, 0.1) is 7.11 Å².